The quantitative estimate of drug-likeness (QED) is 0.762. The van der Waals surface area contributed by atoms with Gasteiger partial charge in [0.05, 0.1) is 19.3 Å². The van der Waals surface area contributed by atoms with Crippen molar-refractivity contribution < 1.29 is 14.3 Å². The van der Waals surface area contributed by atoms with Crippen LogP contribution in [0.4, 0.5) is 11.5 Å². The molecule has 2 N–H and O–H groups in total. The van der Waals surface area contributed by atoms with Crippen LogP contribution in [0.5, 0.6) is 5.88 Å². The van der Waals surface area contributed by atoms with Gasteiger partial charge in [0, 0.05) is 13.2 Å². The van der Waals surface area contributed by atoms with Crippen LogP contribution in [0.2, 0.25) is 0 Å². The maximum Gasteiger partial charge on any atom is 0.255 e. The first-order chi connectivity index (χ1) is 7.74. The Morgan fingerprint density at radius 3 is 2.94 bits per heavy atom. The fourth-order valence-electron chi connectivity index (χ4n) is 1.48. The number of hydrogen-bond donors (Lipinski definition) is 2. The summed E-state index contributed by atoms with van der Waals surface area (Å²) in [5.41, 5.74) is 0.630. The Hall–Kier alpha value is -1.82. The van der Waals surface area contributed by atoms with Crippen LogP contribution in [0.25, 0.3) is 0 Å². The van der Waals surface area contributed by atoms with Crippen molar-refractivity contribution in [2.75, 3.05) is 31.4 Å². The van der Waals surface area contributed by atoms with E-state index in [2.05, 4.69) is 15.6 Å². The molecule has 0 saturated heterocycles. The maximum absolute atomic E-state index is 11.6. The number of aromatic nitrogens is 1. The lowest BCUT2D eigenvalue weighted by Crippen LogP contribution is -2.32. The van der Waals surface area contributed by atoms with Crippen LogP contribution in [0, 0.1) is 0 Å². The van der Waals surface area contributed by atoms with Crippen molar-refractivity contribution in [3.8, 4) is 5.88 Å². The number of methoxy groups -OCH3 is 2. The van der Waals surface area contributed by atoms with Crippen molar-refractivity contribution in [2.24, 2.45) is 0 Å². The number of ether oxygens (including phenoxy) is 2. The normalized spacial score (nSPS) is 19.1. The molecule has 0 aliphatic carbocycles. The molecular formula is C10H13N3O3. The average Bonchev–Trinajstić information content (AvgIpc) is 2.46. The number of nitrogens with zero attached hydrogens (tertiary/aromatic N) is 1. The van der Waals surface area contributed by atoms with Gasteiger partial charge in [0.1, 0.15) is 0 Å². The lowest BCUT2D eigenvalue weighted by Gasteiger charge is -2.09. The van der Waals surface area contributed by atoms with E-state index in [9.17, 15) is 4.79 Å². The fourth-order valence-corrected chi connectivity index (χ4v) is 1.48. The molecule has 0 spiro atoms. The number of rotatable bonds is 2. The Bertz CT molecular complexity index is 408. The minimum Gasteiger partial charge on any atom is -0.481 e. The van der Waals surface area contributed by atoms with Crippen LogP contribution >= 0.6 is 0 Å². The number of amides is 1. The van der Waals surface area contributed by atoms with Crippen molar-refractivity contribution in [3.05, 3.63) is 12.1 Å². The summed E-state index contributed by atoms with van der Waals surface area (Å²) in [6, 6.07) is 3.43. The number of fused-ring (bicyclic) bond motifs is 1. The summed E-state index contributed by atoms with van der Waals surface area (Å²) < 4.78 is 10.0. The van der Waals surface area contributed by atoms with Crippen molar-refractivity contribution >= 4 is 17.4 Å². The van der Waals surface area contributed by atoms with E-state index in [1.807, 2.05) is 0 Å². The third-order valence-electron chi connectivity index (χ3n) is 2.37. The number of carbonyl (C=O) groups excluding carboxylic acids is 1. The number of nitrogens with one attached hydrogen (secondary N) is 2. The molecule has 0 saturated carbocycles. The Morgan fingerprint density at radius 2 is 2.25 bits per heavy atom. The molecule has 6 heteroatoms. The molecule has 1 unspecified atom stereocenters. The monoisotopic (exact) mass is 223 g/mol. The van der Waals surface area contributed by atoms with Crippen molar-refractivity contribution in [3.63, 3.8) is 0 Å². The van der Waals surface area contributed by atoms with E-state index >= 15 is 0 Å². The predicted octanol–water partition coefficient (Wildman–Crippen LogP) is 0.469. The summed E-state index contributed by atoms with van der Waals surface area (Å²) in [6.45, 7) is 0.384. The first-order valence-electron chi connectivity index (χ1n) is 4.87. The zero-order chi connectivity index (χ0) is 11.5. The molecule has 1 aliphatic heterocycles. The van der Waals surface area contributed by atoms with E-state index in [1.165, 1.54) is 7.11 Å². The molecule has 1 amide bonds. The molecular weight excluding hydrogens is 210 g/mol. The summed E-state index contributed by atoms with van der Waals surface area (Å²) in [5, 5.41) is 5.76. The van der Waals surface area contributed by atoms with Crippen LogP contribution in [0.3, 0.4) is 0 Å². The third-order valence-corrected chi connectivity index (χ3v) is 2.37. The molecule has 2 rings (SSSR count). The van der Waals surface area contributed by atoms with Crippen molar-refractivity contribution in [1.82, 2.24) is 4.98 Å². The number of anilines is 2. The molecule has 86 valence electrons. The Kier molecular flexibility index (Phi) is 2.91. The molecule has 1 aromatic heterocycles. The van der Waals surface area contributed by atoms with Gasteiger partial charge in [0.15, 0.2) is 11.9 Å². The first kappa shape index (κ1) is 10.7. The summed E-state index contributed by atoms with van der Waals surface area (Å²) in [5.74, 6) is 0.907. The summed E-state index contributed by atoms with van der Waals surface area (Å²) in [6.07, 6.45) is -0.514. The average molecular weight is 223 g/mol. The summed E-state index contributed by atoms with van der Waals surface area (Å²) in [4.78, 5) is 15.8. The standard InChI is InChI=1S/C10H13N3O3/c1-15-7-5-11-9-6(12-10(7)14)3-4-8(13-9)16-2/h3-4,7H,5H2,1-2H3,(H,11,13)(H,12,14). The lowest BCUT2D eigenvalue weighted by molar-refractivity contribution is -0.124. The Labute approximate surface area is 93.0 Å². The highest BCUT2D eigenvalue weighted by Gasteiger charge is 2.23. The molecule has 1 aliphatic rings. The van der Waals surface area contributed by atoms with Crippen molar-refractivity contribution in [2.45, 2.75) is 6.10 Å². The largest absolute Gasteiger partial charge is 0.481 e. The second-order valence-electron chi connectivity index (χ2n) is 3.34. The zero-order valence-corrected chi connectivity index (χ0v) is 9.11. The van der Waals surface area contributed by atoms with Crippen LogP contribution in [-0.4, -0.2) is 37.8 Å². The Morgan fingerprint density at radius 1 is 1.44 bits per heavy atom. The maximum atomic E-state index is 11.6. The van der Waals surface area contributed by atoms with Crippen LogP contribution in [0.15, 0.2) is 12.1 Å². The molecule has 1 aromatic rings. The lowest BCUT2D eigenvalue weighted by atomic mass is 10.3. The van der Waals surface area contributed by atoms with E-state index in [0.29, 0.717) is 23.9 Å². The molecule has 1 atom stereocenters. The molecule has 0 bridgehead atoms. The molecule has 0 radical (unpaired) electrons. The first-order valence-corrected chi connectivity index (χ1v) is 4.87. The van der Waals surface area contributed by atoms with Gasteiger partial charge in [-0.1, -0.05) is 0 Å². The highest BCUT2D eigenvalue weighted by atomic mass is 16.5. The third kappa shape index (κ3) is 1.92. The smallest absolute Gasteiger partial charge is 0.255 e. The van der Waals surface area contributed by atoms with Gasteiger partial charge in [-0.2, -0.15) is 4.98 Å². The molecule has 0 fully saturated rings. The molecule has 16 heavy (non-hydrogen) atoms. The predicted molar refractivity (Wildman–Crippen MR) is 58.7 cm³/mol. The minimum absolute atomic E-state index is 0.180. The van der Waals surface area contributed by atoms with E-state index in [-0.39, 0.29) is 5.91 Å². The van der Waals surface area contributed by atoms with Gasteiger partial charge in [-0.05, 0) is 6.07 Å². The minimum atomic E-state index is -0.514. The van der Waals surface area contributed by atoms with E-state index in [1.54, 1.807) is 19.2 Å². The van der Waals surface area contributed by atoms with Crippen molar-refractivity contribution in [1.29, 1.82) is 0 Å². The molecule has 2 heterocycles. The van der Waals surface area contributed by atoms with Gasteiger partial charge < -0.3 is 20.1 Å². The molecule has 0 aromatic carbocycles. The zero-order valence-electron chi connectivity index (χ0n) is 9.11. The van der Waals surface area contributed by atoms with Gasteiger partial charge in [0.25, 0.3) is 5.91 Å². The van der Waals surface area contributed by atoms with Gasteiger partial charge in [-0.15, -0.1) is 0 Å². The van der Waals surface area contributed by atoms with Gasteiger partial charge >= 0.3 is 0 Å². The number of hydrogen-bond acceptors (Lipinski definition) is 5. The van der Waals surface area contributed by atoms with E-state index in [0.717, 1.165) is 0 Å². The van der Waals surface area contributed by atoms with Crippen LogP contribution < -0.4 is 15.4 Å². The second-order valence-corrected chi connectivity index (χ2v) is 3.34. The Balaban J connectivity index is 2.29. The number of pyridine rings is 1. The van der Waals surface area contributed by atoms with Gasteiger partial charge in [0.2, 0.25) is 5.88 Å². The second kappa shape index (κ2) is 4.36. The summed E-state index contributed by atoms with van der Waals surface area (Å²) >= 11 is 0. The van der Waals surface area contributed by atoms with E-state index in [4.69, 9.17) is 9.47 Å². The van der Waals surface area contributed by atoms with Crippen LogP contribution in [-0.2, 0) is 9.53 Å². The topological polar surface area (TPSA) is 72.5 Å². The summed E-state index contributed by atoms with van der Waals surface area (Å²) in [7, 11) is 3.04. The number of carbonyl (C=O) groups is 1. The highest BCUT2D eigenvalue weighted by molar-refractivity contribution is 5.98. The van der Waals surface area contributed by atoms with E-state index < -0.39 is 6.10 Å². The highest BCUT2D eigenvalue weighted by Crippen LogP contribution is 2.25. The SMILES string of the molecule is COc1ccc2c(n1)NCC(OC)C(=O)N2. The molecule has 6 nitrogen and oxygen atoms in total. The van der Waals surface area contributed by atoms with Crippen LogP contribution in [0.1, 0.15) is 0 Å². The fraction of sp³-hybridized carbons (Fsp3) is 0.400. The van der Waals surface area contributed by atoms with Gasteiger partial charge in [-0.25, -0.2) is 0 Å². The van der Waals surface area contributed by atoms with Gasteiger partial charge in [-0.3, -0.25) is 4.79 Å².